The molecule has 0 aliphatic heterocycles. The van der Waals surface area contributed by atoms with E-state index in [2.05, 4.69) is 36.8 Å². The number of allylic oxidation sites excluding steroid dienone is 1. The van der Waals surface area contributed by atoms with Crippen molar-refractivity contribution in [1.82, 2.24) is 10.3 Å². The van der Waals surface area contributed by atoms with E-state index in [1.165, 1.54) is 16.7 Å². The van der Waals surface area contributed by atoms with Gasteiger partial charge in [0, 0.05) is 18.4 Å². The highest BCUT2D eigenvalue weighted by molar-refractivity contribution is 5.25. The smallest absolute Gasteiger partial charge is 0.0324 e. The quantitative estimate of drug-likeness (QED) is 0.746. The van der Waals surface area contributed by atoms with Gasteiger partial charge in [0.15, 0.2) is 0 Å². The summed E-state index contributed by atoms with van der Waals surface area (Å²) in [6.07, 6.45) is 5.93. The second-order valence-corrected chi connectivity index (χ2v) is 4.07. The molecule has 0 amide bonds. The summed E-state index contributed by atoms with van der Waals surface area (Å²) in [6, 6.07) is 2.50. The fraction of sp³-hybridized carbons (Fsp3) is 0.462. The molecule has 1 rings (SSSR count). The zero-order chi connectivity index (χ0) is 11.3. The molecule has 0 saturated heterocycles. The number of pyridine rings is 1. The summed E-state index contributed by atoms with van der Waals surface area (Å²) in [7, 11) is 2.00. The molecular weight excluding hydrogens is 184 g/mol. The molecule has 0 bridgehead atoms. The van der Waals surface area contributed by atoms with Gasteiger partial charge < -0.3 is 5.32 Å². The maximum absolute atomic E-state index is 4.11. The minimum atomic E-state index is 0.407. The highest BCUT2D eigenvalue weighted by atomic mass is 14.9. The van der Waals surface area contributed by atoms with Crippen LogP contribution in [0.4, 0.5) is 0 Å². The normalized spacial score (nSPS) is 12.5. The van der Waals surface area contributed by atoms with Crippen LogP contribution in [0.2, 0.25) is 0 Å². The minimum absolute atomic E-state index is 0.407. The molecule has 1 atom stereocenters. The highest BCUT2D eigenvalue weighted by Crippen LogP contribution is 2.22. The molecule has 1 N–H and O–H groups in total. The summed E-state index contributed by atoms with van der Waals surface area (Å²) in [4.78, 5) is 4.11. The maximum Gasteiger partial charge on any atom is 0.0324 e. The molecule has 0 aromatic carbocycles. The van der Waals surface area contributed by atoms with Crippen molar-refractivity contribution in [1.29, 1.82) is 0 Å². The van der Waals surface area contributed by atoms with Gasteiger partial charge in [-0.3, -0.25) is 4.98 Å². The van der Waals surface area contributed by atoms with Gasteiger partial charge in [0.1, 0.15) is 0 Å². The first-order valence-corrected chi connectivity index (χ1v) is 5.37. The summed E-state index contributed by atoms with van der Waals surface area (Å²) >= 11 is 0. The molecule has 0 radical (unpaired) electrons. The zero-order valence-electron chi connectivity index (χ0n) is 9.88. The third kappa shape index (κ3) is 3.48. The van der Waals surface area contributed by atoms with Crippen molar-refractivity contribution < 1.29 is 0 Å². The average molecular weight is 204 g/mol. The van der Waals surface area contributed by atoms with Gasteiger partial charge in [0.05, 0.1) is 0 Å². The fourth-order valence-electron chi connectivity index (χ4n) is 1.72. The molecule has 0 spiro atoms. The molecule has 0 fully saturated rings. The van der Waals surface area contributed by atoms with Crippen LogP contribution >= 0.6 is 0 Å². The monoisotopic (exact) mass is 204 g/mol. The van der Waals surface area contributed by atoms with Crippen LogP contribution in [0.15, 0.2) is 30.6 Å². The summed E-state index contributed by atoms with van der Waals surface area (Å²) in [5, 5.41) is 3.35. The van der Waals surface area contributed by atoms with Crippen LogP contribution in [0.25, 0.3) is 0 Å². The molecule has 0 saturated carbocycles. The third-order valence-corrected chi connectivity index (χ3v) is 2.65. The predicted molar refractivity (Wildman–Crippen MR) is 64.8 cm³/mol. The third-order valence-electron chi connectivity index (χ3n) is 2.65. The van der Waals surface area contributed by atoms with E-state index in [-0.39, 0.29) is 0 Å². The number of nitrogens with one attached hydrogen (secondary N) is 1. The van der Waals surface area contributed by atoms with Crippen molar-refractivity contribution in [2.75, 3.05) is 7.05 Å². The van der Waals surface area contributed by atoms with Crippen LogP contribution < -0.4 is 5.32 Å². The lowest BCUT2D eigenvalue weighted by atomic mass is 9.98. The Morgan fingerprint density at radius 2 is 2.33 bits per heavy atom. The predicted octanol–water partition coefficient (Wildman–Crippen LogP) is 3.01. The summed E-state index contributed by atoms with van der Waals surface area (Å²) in [5.41, 5.74) is 3.83. The Bertz CT molecular complexity index is 331. The molecule has 2 nitrogen and oxygen atoms in total. The van der Waals surface area contributed by atoms with Gasteiger partial charge in [-0.05, 0) is 50.9 Å². The second-order valence-electron chi connectivity index (χ2n) is 4.07. The standard InChI is InChI=1S/C13H20N2/c1-10(2)5-6-13(14-4)12-7-8-15-9-11(12)3/h7-9,13-14H,1,5-6H2,2-4H3. The van der Waals surface area contributed by atoms with E-state index in [0.717, 1.165) is 12.8 Å². The van der Waals surface area contributed by atoms with E-state index in [0.29, 0.717) is 6.04 Å². The number of hydrogen-bond acceptors (Lipinski definition) is 2. The first-order chi connectivity index (χ1) is 7.15. The van der Waals surface area contributed by atoms with Crippen LogP contribution in [0, 0.1) is 6.92 Å². The zero-order valence-corrected chi connectivity index (χ0v) is 9.88. The largest absolute Gasteiger partial charge is 0.313 e. The Labute approximate surface area is 92.4 Å². The van der Waals surface area contributed by atoms with Gasteiger partial charge in [-0.1, -0.05) is 5.57 Å². The Hall–Kier alpha value is -1.15. The molecule has 15 heavy (non-hydrogen) atoms. The van der Waals surface area contributed by atoms with Crippen molar-refractivity contribution in [3.63, 3.8) is 0 Å². The van der Waals surface area contributed by atoms with Crippen LogP contribution in [-0.2, 0) is 0 Å². The van der Waals surface area contributed by atoms with Crippen LogP contribution in [0.3, 0.4) is 0 Å². The molecule has 1 unspecified atom stereocenters. The van der Waals surface area contributed by atoms with Crippen molar-refractivity contribution in [2.24, 2.45) is 0 Å². The van der Waals surface area contributed by atoms with E-state index in [4.69, 9.17) is 0 Å². The second kappa shape index (κ2) is 5.66. The van der Waals surface area contributed by atoms with E-state index < -0.39 is 0 Å². The number of rotatable bonds is 5. The number of aromatic nitrogens is 1. The lowest BCUT2D eigenvalue weighted by Crippen LogP contribution is -2.17. The Morgan fingerprint density at radius 1 is 1.60 bits per heavy atom. The Morgan fingerprint density at radius 3 is 2.87 bits per heavy atom. The van der Waals surface area contributed by atoms with Crippen LogP contribution in [0.5, 0.6) is 0 Å². The summed E-state index contributed by atoms with van der Waals surface area (Å²) in [6.45, 7) is 8.12. The van der Waals surface area contributed by atoms with Crippen LogP contribution in [0.1, 0.15) is 36.9 Å². The van der Waals surface area contributed by atoms with E-state index >= 15 is 0 Å². The van der Waals surface area contributed by atoms with E-state index in [1.54, 1.807) is 0 Å². The maximum atomic E-state index is 4.11. The molecule has 82 valence electrons. The van der Waals surface area contributed by atoms with Crippen molar-refractivity contribution in [3.8, 4) is 0 Å². The molecule has 1 aromatic heterocycles. The minimum Gasteiger partial charge on any atom is -0.313 e. The summed E-state index contributed by atoms with van der Waals surface area (Å²) < 4.78 is 0. The summed E-state index contributed by atoms with van der Waals surface area (Å²) in [5.74, 6) is 0. The van der Waals surface area contributed by atoms with Crippen molar-refractivity contribution in [2.45, 2.75) is 32.7 Å². The van der Waals surface area contributed by atoms with Crippen LogP contribution in [-0.4, -0.2) is 12.0 Å². The highest BCUT2D eigenvalue weighted by Gasteiger charge is 2.10. The number of hydrogen-bond donors (Lipinski definition) is 1. The molecule has 1 heterocycles. The Kier molecular flexibility index (Phi) is 4.50. The van der Waals surface area contributed by atoms with Crippen molar-refractivity contribution in [3.05, 3.63) is 41.7 Å². The lowest BCUT2D eigenvalue weighted by molar-refractivity contribution is 0.545. The first kappa shape index (κ1) is 11.9. The van der Waals surface area contributed by atoms with Gasteiger partial charge in [-0.2, -0.15) is 0 Å². The molecular formula is C13H20N2. The average Bonchev–Trinajstić information content (AvgIpc) is 2.21. The molecule has 1 aromatic rings. The van der Waals surface area contributed by atoms with E-state index in [1.807, 2.05) is 19.4 Å². The number of aryl methyl sites for hydroxylation is 1. The van der Waals surface area contributed by atoms with Gasteiger partial charge in [-0.25, -0.2) is 0 Å². The lowest BCUT2D eigenvalue weighted by Gasteiger charge is -2.18. The van der Waals surface area contributed by atoms with Gasteiger partial charge >= 0.3 is 0 Å². The van der Waals surface area contributed by atoms with E-state index in [9.17, 15) is 0 Å². The topological polar surface area (TPSA) is 24.9 Å². The first-order valence-electron chi connectivity index (χ1n) is 5.37. The van der Waals surface area contributed by atoms with Gasteiger partial charge in [-0.15, -0.1) is 6.58 Å². The molecule has 2 heteroatoms. The fourth-order valence-corrected chi connectivity index (χ4v) is 1.72. The molecule has 0 aliphatic carbocycles. The van der Waals surface area contributed by atoms with Gasteiger partial charge in [0.25, 0.3) is 0 Å². The SMILES string of the molecule is C=C(C)CCC(NC)c1ccncc1C. The van der Waals surface area contributed by atoms with Gasteiger partial charge in [0.2, 0.25) is 0 Å². The molecule has 0 aliphatic rings. The number of nitrogens with zero attached hydrogens (tertiary/aromatic N) is 1. The Balaban J connectivity index is 2.74. The van der Waals surface area contributed by atoms with Crippen molar-refractivity contribution >= 4 is 0 Å².